The Morgan fingerprint density at radius 1 is 1.09 bits per heavy atom. The van der Waals surface area contributed by atoms with Crippen LogP contribution in [0.4, 0.5) is 5.82 Å². The van der Waals surface area contributed by atoms with Gasteiger partial charge in [0.25, 0.3) is 5.71 Å². The first kappa shape index (κ1) is 13.2. The molecule has 0 N–H and O–H groups in total. The van der Waals surface area contributed by atoms with E-state index in [-0.39, 0.29) is 0 Å². The molecule has 4 heterocycles. The summed E-state index contributed by atoms with van der Waals surface area (Å²) in [6.45, 7) is 9.57. The van der Waals surface area contributed by atoms with Gasteiger partial charge in [-0.05, 0) is 26.8 Å². The molecule has 7 heteroatoms. The lowest BCUT2D eigenvalue weighted by atomic mass is 10.1. The van der Waals surface area contributed by atoms with Crippen LogP contribution in [-0.2, 0) is 0 Å². The fourth-order valence-electron chi connectivity index (χ4n) is 3.04. The second-order valence-corrected chi connectivity index (χ2v) is 5.91. The largest absolute Gasteiger partial charge is 0.422 e. The van der Waals surface area contributed by atoms with Crippen molar-refractivity contribution in [3.8, 4) is 0 Å². The number of nitrogens with zero attached hydrogens (tertiary/aromatic N) is 6. The molecule has 4 rings (SSSR count). The average Bonchev–Trinajstić information content (AvgIpc) is 2.90. The summed E-state index contributed by atoms with van der Waals surface area (Å²) in [5.74, 6) is 2.18. The molecule has 0 bridgehead atoms. The molecule has 7 nitrogen and oxygen atoms in total. The Morgan fingerprint density at radius 2 is 1.86 bits per heavy atom. The smallest absolute Gasteiger partial charge is 0.252 e. The van der Waals surface area contributed by atoms with Crippen LogP contribution in [0.3, 0.4) is 0 Å². The Labute approximate surface area is 128 Å². The molecule has 0 atom stereocenters. The van der Waals surface area contributed by atoms with Crippen LogP contribution in [0, 0.1) is 27.7 Å². The van der Waals surface area contributed by atoms with Gasteiger partial charge in [-0.15, -0.1) is 0 Å². The fraction of sp³-hybridized carbons (Fsp3) is 0.467. The Bertz CT molecular complexity index is 858. The summed E-state index contributed by atoms with van der Waals surface area (Å²) < 4.78 is 7.64. The first-order valence-corrected chi connectivity index (χ1v) is 7.41. The van der Waals surface area contributed by atoms with E-state index < -0.39 is 0 Å². The number of hydrogen-bond acceptors (Lipinski definition) is 6. The zero-order valence-corrected chi connectivity index (χ0v) is 13.2. The van der Waals surface area contributed by atoms with Crippen LogP contribution in [-0.4, -0.2) is 37.8 Å². The third-order valence-corrected chi connectivity index (χ3v) is 4.01. The second-order valence-electron chi connectivity index (χ2n) is 5.91. The van der Waals surface area contributed by atoms with Crippen molar-refractivity contribution in [2.75, 3.05) is 18.0 Å². The molecular weight excluding hydrogens is 280 g/mol. The molecule has 1 saturated heterocycles. The highest BCUT2D eigenvalue weighted by molar-refractivity contribution is 5.82. The van der Waals surface area contributed by atoms with E-state index in [9.17, 15) is 0 Å². The molecule has 0 spiro atoms. The highest BCUT2D eigenvalue weighted by atomic mass is 16.4. The van der Waals surface area contributed by atoms with Crippen molar-refractivity contribution >= 4 is 17.0 Å². The first-order valence-electron chi connectivity index (χ1n) is 7.41. The van der Waals surface area contributed by atoms with E-state index in [1.54, 1.807) is 0 Å². The molecule has 3 aromatic heterocycles. The van der Waals surface area contributed by atoms with Gasteiger partial charge in [-0.3, -0.25) is 4.68 Å². The number of fused-ring (bicyclic) bond motifs is 1. The van der Waals surface area contributed by atoms with Crippen LogP contribution >= 0.6 is 0 Å². The van der Waals surface area contributed by atoms with Crippen LogP contribution in [0.25, 0.3) is 11.2 Å². The van der Waals surface area contributed by atoms with Crippen LogP contribution < -0.4 is 4.90 Å². The van der Waals surface area contributed by atoms with Crippen molar-refractivity contribution in [2.45, 2.75) is 33.7 Å². The van der Waals surface area contributed by atoms with Gasteiger partial charge >= 0.3 is 0 Å². The lowest BCUT2D eigenvalue weighted by molar-refractivity contribution is 0.359. The van der Waals surface area contributed by atoms with Gasteiger partial charge in [0.15, 0.2) is 17.2 Å². The van der Waals surface area contributed by atoms with Gasteiger partial charge in [-0.1, -0.05) is 0 Å². The molecule has 0 amide bonds. The second kappa shape index (κ2) is 4.53. The molecule has 1 aliphatic rings. The summed E-state index contributed by atoms with van der Waals surface area (Å²) in [6.07, 6.45) is 0. The van der Waals surface area contributed by atoms with Crippen molar-refractivity contribution in [3.05, 3.63) is 29.2 Å². The molecule has 0 aliphatic carbocycles. The maximum absolute atomic E-state index is 5.54. The number of hydrogen-bond donors (Lipinski definition) is 0. The van der Waals surface area contributed by atoms with Crippen molar-refractivity contribution in [1.29, 1.82) is 0 Å². The SMILES string of the molecule is Cc1cc(C)n(C2CN(c3nc(C)nc4oc(C)nc34)C2)n1. The summed E-state index contributed by atoms with van der Waals surface area (Å²) >= 11 is 0. The Kier molecular flexibility index (Phi) is 2.72. The van der Waals surface area contributed by atoms with Crippen LogP contribution in [0.1, 0.15) is 29.1 Å². The summed E-state index contributed by atoms with van der Waals surface area (Å²) in [4.78, 5) is 15.5. The van der Waals surface area contributed by atoms with Gasteiger partial charge in [0.1, 0.15) is 5.82 Å². The quantitative estimate of drug-likeness (QED) is 0.721. The molecule has 1 fully saturated rings. The van der Waals surface area contributed by atoms with Gasteiger partial charge in [0.05, 0.1) is 11.7 Å². The third kappa shape index (κ3) is 1.96. The zero-order valence-electron chi connectivity index (χ0n) is 13.2. The van der Waals surface area contributed by atoms with Gasteiger partial charge in [-0.2, -0.15) is 10.1 Å². The lowest BCUT2D eigenvalue weighted by Gasteiger charge is -2.40. The van der Waals surface area contributed by atoms with E-state index in [1.165, 1.54) is 5.69 Å². The molecule has 0 saturated carbocycles. The third-order valence-electron chi connectivity index (χ3n) is 4.01. The number of rotatable bonds is 2. The molecular formula is C15H18N6O. The maximum atomic E-state index is 5.54. The Hall–Kier alpha value is -2.44. The minimum absolute atomic E-state index is 0.381. The monoisotopic (exact) mass is 298 g/mol. The standard InChI is InChI=1S/C15H18N6O/c1-8-5-9(2)21(19-8)12-6-20(7-12)14-13-15(17-10(3)16-14)22-11(4)18-13/h5,12H,6-7H2,1-4H3. The van der Waals surface area contributed by atoms with E-state index in [1.807, 2.05) is 20.8 Å². The molecule has 0 aromatic carbocycles. The summed E-state index contributed by atoms with van der Waals surface area (Å²) in [6, 6.07) is 2.49. The van der Waals surface area contributed by atoms with E-state index in [4.69, 9.17) is 4.42 Å². The summed E-state index contributed by atoms with van der Waals surface area (Å²) in [5, 5.41) is 4.57. The number of aromatic nitrogens is 5. The van der Waals surface area contributed by atoms with E-state index >= 15 is 0 Å². The minimum atomic E-state index is 0.381. The van der Waals surface area contributed by atoms with Crippen LogP contribution in [0.15, 0.2) is 10.5 Å². The molecule has 0 unspecified atom stereocenters. The predicted molar refractivity (Wildman–Crippen MR) is 82.0 cm³/mol. The van der Waals surface area contributed by atoms with Crippen LogP contribution in [0.2, 0.25) is 0 Å². The van der Waals surface area contributed by atoms with Gasteiger partial charge in [0, 0.05) is 25.7 Å². The molecule has 3 aromatic rings. The zero-order chi connectivity index (χ0) is 15.4. The summed E-state index contributed by atoms with van der Waals surface area (Å²) in [5.41, 5.74) is 3.57. The van der Waals surface area contributed by atoms with E-state index in [2.05, 4.69) is 42.6 Å². The Balaban J connectivity index is 1.64. The van der Waals surface area contributed by atoms with Gasteiger partial charge < -0.3 is 9.32 Å². The first-order chi connectivity index (χ1) is 10.5. The Morgan fingerprint density at radius 3 is 2.55 bits per heavy atom. The topological polar surface area (TPSA) is 72.9 Å². The molecule has 114 valence electrons. The number of anilines is 1. The van der Waals surface area contributed by atoms with Crippen molar-refractivity contribution in [3.63, 3.8) is 0 Å². The molecule has 0 radical (unpaired) electrons. The average molecular weight is 298 g/mol. The van der Waals surface area contributed by atoms with Crippen molar-refractivity contribution < 1.29 is 4.42 Å². The van der Waals surface area contributed by atoms with Crippen molar-refractivity contribution in [1.82, 2.24) is 24.7 Å². The predicted octanol–water partition coefficient (Wildman–Crippen LogP) is 2.11. The fourth-order valence-corrected chi connectivity index (χ4v) is 3.04. The van der Waals surface area contributed by atoms with Gasteiger partial charge in [0.2, 0.25) is 0 Å². The highest BCUT2D eigenvalue weighted by Gasteiger charge is 2.33. The van der Waals surface area contributed by atoms with Crippen molar-refractivity contribution in [2.24, 2.45) is 0 Å². The number of aryl methyl sites for hydroxylation is 4. The van der Waals surface area contributed by atoms with E-state index in [0.29, 0.717) is 23.5 Å². The molecule has 1 aliphatic heterocycles. The maximum Gasteiger partial charge on any atom is 0.252 e. The normalized spacial score (nSPS) is 15.5. The number of oxazole rings is 1. The minimum Gasteiger partial charge on any atom is -0.422 e. The molecule has 22 heavy (non-hydrogen) atoms. The summed E-state index contributed by atoms with van der Waals surface area (Å²) in [7, 11) is 0. The van der Waals surface area contributed by atoms with E-state index in [0.717, 1.165) is 30.1 Å². The van der Waals surface area contributed by atoms with Crippen LogP contribution in [0.5, 0.6) is 0 Å². The van der Waals surface area contributed by atoms with Gasteiger partial charge in [-0.25, -0.2) is 9.97 Å². The highest BCUT2D eigenvalue weighted by Crippen LogP contribution is 2.31. The lowest BCUT2D eigenvalue weighted by Crippen LogP contribution is -2.49.